The Labute approximate surface area is 114 Å². The van der Waals surface area contributed by atoms with Gasteiger partial charge in [0.1, 0.15) is 5.75 Å². The zero-order valence-electron chi connectivity index (χ0n) is 10.2. The van der Waals surface area contributed by atoms with Gasteiger partial charge in [-0.3, -0.25) is 4.79 Å². The number of halogens is 1. The largest absolute Gasteiger partial charge is 0.507 e. The van der Waals surface area contributed by atoms with Crippen molar-refractivity contribution < 1.29 is 14.6 Å². The van der Waals surface area contributed by atoms with Crippen LogP contribution in [0.25, 0.3) is 0 Å². The molecule has 1 saturated carbocycles. The molecule has 98 valence electrons. The van der Waals surface area contributed by atoms with Crippen LogP contribution in [0.2, 0.25) is 0 Å². The van der Waals surface area contributed by atoms with Crippen molar-refractivity contribution in [3.05, 3.63) is 28.2 Å². The topological polar surface area (TPSA) is 58.6 Å². The van der Waals surface area contributed by atoms with Crippen molar-refractivity contribution in [1.82, 2.24) is 5.32 Å². The molecule has 1 aliphatic rings. The first-order valence-electron chi connectivity index (χ1n) is 5.88. The number of rotatable bonds is 4. The molecule has 0 saturated heterocycles. The molecule has 1 amide bonds. The zero-order valence-corrected chi connectivity index (χ0v) is 11.8. The summed E-state index contributed by atoms with van der Waals surface area (Å²) >= 11 is 3.24. The van der Waals surface area contributed by atoms with Crippen LogP contribution < -0.4 is 5.32 Å². The van der Waals surface area contributed by atoms with E-state index in [0.717, 1.165) is 23.7 Å². The fourth-order valence-electron chi connectivity index (χ4n) is 2.06. The lowest BCUT2D eigenvalue weighted by atomic mass is 9.80. The molecule has 5 heteroatoms. The van der Waals surface area contributed by atoms with Gasteiger partial charge in [0.25, 0.3) is 5.91 Å². The van der Waals surface area contributed by atoms with Gasteiger partial charge in [-0.05, 0) is 37.5 Å². The molecule has 2 rings (SSSR count). The Morgan fingerprint density at radius 3 is 2.78 bits per heavy atom. The third kappa shape index (κ3) is 2.67. The first-order chi connectivity index (χ1) is 8.56. The van der Waals surface area contributed by atoms with Gasteiger partial charge < -0.3 is 15.2 Å². The Balaban J connectivity index is 1.99. The fraction of sp³-hybridized carbons (Fsp3) is 0.462. The van der Waals surface area contributed by atoms with E-state index in [4.69, 9.17) is 4.74 Å². The minimum atomic E-state index is -0.275. The van der Waals surface area contributed by atoms with E-state index in [0.29, 0.717) is 6.54 Å². The van der Waals surface area contributed by atoms with Crippen LogP contribution >= 0.6 is 15.9 Å². The van der Waals surface area contributed by atoms with Crippen molar-refractivity contribution in [1.29, 1.82) is 0 Å². The Kier molecular flexibility index (Phi) is 3.92. The molecule has 2 N–H and O–H groups in total. The van der Waals surface area contributed by atoms with Gasteiger partial charge in [-0.1, -0.05) is 15.9 Å². The summed E-state index contributed by atoms with van der Waals surface area (Å²) in [7, 11) is 1.67. The summed E-state index contributed by atoms with van der Waals surface area (Å²) in [4.78, 5) is 11.9. The summed E-state index contributed by atoms with van der Waals surface area (Å²) in [6.07, 6.45) is 3.07. The van der Waals surface area contributed by atoms with E-state index >= 15 is 0 Å². The van der Waals surface area contributed by atoms with Crippen molar-refractivity contribution >= 4 is 21.8 Å². The summed E-state index contributed by atoms with van der Waals surface area (Å²) in [5.74, 6) is -0.301. The number of carbonyl (C=O) groups excluding carboxylic acids is 1. The first kappa shape index (κ1) is 13.4. The second kappa shape index (κ2) is 5.28. The molecular formula is C13H16BrNO3. The highest BCUT2D eigenvalue weighted by molar-refractivity contribution is 9.10. The van der Waals surface area contributed by atoms with Crippen molar-refractivity contribution in [3.8, 4) is 5.75 Å². The van der Waals surface area contributed by atoms with Gasteiger partial charge in [-0.25, -0.2) is 0 Å². The smallest absolute Gasteiger partial charge is 0.255 e. The van der Waals surface area contributed by atoms with Gasteiger partial charge in [0.05, 0.1) is 11.2 Å². The number of ether oxygens (including phenoxy) is 1. The molecule has 4 nitrogen and oxygen atoms in total. The van der Waals surface area contributed by atoms with Crippen LogP contribution in [0.15, 0.2) is 22.7 Å². The molecule has 0 radical (unpaired) electrons. The second-order valence-corrected chi connectivity index (χ2v) is 5.50. The number of phenolic OH excluding ortho intramolecular Hbond substituents is 1. The molecule has 0 heterocycles. The lowest BCUT2D eigenvalue weighted by Crippen LogP contribution is -2.49. The molecule has 0 aromatic heterocycles. The van der Waals surface area contributed by atoms with Crippen molar-refractivity contribution in [3.63, 3.8) is 0 Å². The Bertz CT molecular complexity index is 452. The maximum absolute atomic E-state index is 11.9. The van der Waals surface area contributed by atoms with Gasteiger partial charge in [0.2, 0.25) is 0 Å². The SMILES string of the molecule is COC1(CNC(=O)c2ccc(Br)cc2O)CCC1. The minimum absolute atomic E-state index is 0.0260. The predicted octanol–water partition coefficient (Wildman–Crippen LogP) is 2.45. The molecule has 1 aromatic carbocycles. The lowest BCUT2D eigenvalue weighted by Gasteiger charge is -2.40. The van der Waals surface area contributed by atoms with Crippen molar-refractivity contribution in [2.24, 2.45) is 0 Å². The third-order valence-corrected chi connectivity index (χ3v) is 3.97. The summed E-state index contributed by atoms with van der Waals surface area (Å²) in [5, 5.41) is 12.5. The molecule has 0 bridgehead atoms. The first-order valence-corrected chi connectivity index (χ1v) is 6.67. The number of methoxy groups -OCH3 is 1. The molecule has 18 heavy (non-hydrogen) atoms. The average molecular weight is 314 g/mol. The van der Waals surface area contributed by atoms with Crippen molar-refractivity contribution in [2.75, 3.05) is 13.7 Å². The van der Waals surface area contributed by atoms with E-state index in [2.05, 4.69) is 21.2 Å². The van der Waals surface area contributed by atoms with Gasteiger partial charge in [0, 0.05) is 18.1 Å². The van der Waals surface area contributed by atoms with Crippen LogP contribution in [-0.4, -0.2) is 30.3 Å². The quantitative estimate of drug-likeness (QED) is 0.897. The van der Waals surface area contributed by atoms with Crippen LogP contribution in [0.4, 0.5) is 0 Å². The average Bonchev–Trinajstić information content (AvgIpc) is 2.27. The van der Waals surface area contributed by atoms with Crippen LogP contribution in [0.5, 0.6) is 5.75 Å². The number of benzene rings is 1. The molecular weight excluding hydrogens is 298 g/mol. The molecule has 1 aromatic rings. The number of amides is 1. The molecule has 0 atom stereocenters. The molecule has 1 aliphatic carbocycles. The highest BCUT2D eigenvalue weighted by atomic mass is 79.9. The minimum Gasteiger partial charge on any atom is -0.507 e. The number of carbonyl (C=O) groups is 1. The van der Waals surface area contributed by atoms with E-state index < -0.39 is 0 Å². The highest BCUT2D eigenvalue weighted by Gasteiger charge is 2.37. The van der Waals surface area contributed by atoms with Crippen LogP contribution in [-0.2, 0) is 4.74 Å². The number of hydrogen-bond acceptors (Lipinski definition) is 3. The lowest BCUT2D eigenvalue weighted by molar-refractivity contribution is -0.0679. The number of aromatic hydroxyl groups is 1. The number of phenols is 1. The summed E-state index contributed by atoms with van der Waals surface area (Å²) in [6.45, 7) is 0.484. The van der Waals surface area contributed by atoms with E-state index in [-0.39, 0.29) is 22.8 Å². The maximum Gasteiger partial charge on any atom is 0.255 e. The van der Waals surface area contributed by atoms with Crippen LogP contribution in [0.3, 0.4) is 0 Å². The third-order valence-electron chi connectivity index (χ3n) is 3.47. The summed E-state index contributed by atoms with van der Waals surface area (Å²) in [6, 6.07) is 4.82. The van der Waals surface area contributed by atoms with E-state index in [9.17, 15) is 9.90 Å². The van der Waals surface area contributed by atoms with Gasteiger partial charge in [-0.15, -0.1) is 0 Å². The van der Waals surface area contributed by atoms with Crippen LogP contribution in [0, 0.1) is 0 Å². The summed E-state index contributed by atoms with van der Waals surface area (Å²) in [5.41, 5.74) is 0.0736. The zero-order chi connectivity index (χ0) is 13.2. The number of hydrogen-bond donors (Lipinski definition) is 2. The second-order valence-electron chi connectivity index (χ2n) is 4.58. The van der Waals surface area contributed by atoms with Gasteiger partial charge >= 0.3 is 0 Å². The highest BCUT2D eigenvalue weighted by Crippen LogP contribution is 2.34. The van der Waals surface area contributed by atoms with Gasteiger partial charge in [-0.2, -0.15) is 0 Å². The predicted molar refractivity (Wildman–Crippen MR) is 71.7 cm³/mol. The molecule has 0 unspecified atom stereocenters. The van der Waals surface area contributed by atoms with Crippen LogP contribution in [0.1, 0.15) is 29.6 Å². The van der Waals surface area contributed by atoms with Gasteiger partial charge in [0.15, 0.2) is 0 Å². The van der Waals surface area contributed by atoms with Crippen molar-refractivity contribution in [2.45, 2.75) is 24.9 Å². The summed E-state index contributed by atoms with van der Waals surface area (Å²) < 4.78 is 6.16. The Morgan fingerprint density at radius 2 is 2.28 bits per heavy atom. The standard InChI is InChI=1S/C13H16BrNO3/c1-18-13(5-2-6-13)8-15-12(17)10-4-3-9(14)7-11(10)16/h3-4,7,16H,2,5-6,8H2,1H3,(H,15,17). The Morgan fingerprint density at radius 1 is 1.56 bits per heavy atom. The molecule has 1 fully saturated rings. The molecule has 0 aliphatic heterocycles. The van der Waals surface area contributed by atoms with E-state index in [1.807, 2.05) is 0 Å². The fourth-order valence-corrected chi connectivity index (χ4v) is 2.41. The normalized spacial score (nSPS) is 17.0. The monoisotopic (exact) mass is 313 g/mol. The molecule has 0 spiro atoms. The maximum atomic E-state index is 11.9. The van der Waals surface area contributed by atoms with E-state index in [1.54, 1.807) is 19.2 Å². The Hall–Kier alpha value is -1.07. The van der Waals surface area contributed by atoms with E-state index in [1.165, 1.54) is 6.07 Å². The number of nitrogens with one attached hydrogen (secondary N) is 1.